The minimum absolute atomic E-state index is 0.169. The lowest BCUT2D eigenvalue weighted by Crippen LogP contribution is -2.34. The molecule has 1 unspecified atom stereocenters. The van der Waals surface area contributed by atoms with E-state index in [9.17, 15) is 13.2 Å². The Balaban J connectivity index is 1.34. The molecular formula is C24H21N3O4S. The summed E-state index contributed by atoms with van der Waals surface area (Å²) in [4.78, 5) is 17.3. The van der Waals surface area contributed by atoms with Gasteiger partial charge in [0, 0.05) is 22.9 Å². The number of benzene rings is 3. The maximum absolute atomic E-state index is 12.8. The molecule has 0 radical (unpaired) electrons. The zero-order valence-electron chi connectivity index (χ0n) is 17.6. The number of rotatable bonds is 4. The van der Waals surface area contributed by atoms with Gasteiger partial charge in [-0.2, -0.15) is 0 Å². The lowest BCUT2D eigenvalue weighted by molar-refractivity contribution is 0.102. The molecule has 162 valence electrons. The first-order valence-electron chi connectivity index (χ1n) is 10.2. The third kappa shape index (κ3) is 3.62. The predicted octanol–water partition coefficient (Wildman–Crippen LogP) is 4.46. The van der Waals surface area contributed by atoms with E-state index in [2.05, 4.69) is 10.3 Å². The summed E-state index contributed by atoms with van der Waals surface area (Å²) in [6.45, 7) is 1.86. The molecule has 0 saturated heterocycles. The molecule has 2 heterocycles. The van der Waals surface area contributed by atoms with Gasteiger partial charge in [-0.1, -0.05) is 12.1 Å². The zero-order chi connectivity index (χ0) is 22.5. The number of carbonyl (C=O) groups excluding carboxylic acids is 1. The van der Waals surface area contributed by atoms with Crippen molar-refractivity contribution in [3.8, 4) is 11.5 Å². The second-order valence-corrected chi connectivity index (χ2v) is 9.83. The number of nitrogens with one attached hydrogen (secondary N) is 1. The topological polar surface area (TPSA) is 92.5 Å². The van der Waals surface area contributed by atoms with Crippen LogP contribution < -0.4 is 9.62 Å². The Morgan fingerprint density at radius 1 is 1.09 bits per heavy atom. The van der Waals surface area contributed by atoms with Crippen LogP contribution >= 0.6 is 0 Å². The van der Waals surface area contributed by atoms with Crippen LogP contribution in [0, 0.1) is 0 Å². The summed E-state index contributed by atoms with van der Waals surface area (Å²) in [5.74, 6) is 0.264. The molecule has 1 aliphatic heterocycles. The van der Waals surface area contributed by atoms with Gasteiger partial charge in [-0.15, -0.1) is 0 Å². The molecule has 1 aromatic heterocycles. The summed E-state index contributed by atoms with van der Waals surface area (Å²) in [7, 11) is -3.36. The summed E-state index contributed by atoms with van der Waals surface area (Å²) in [5.41, 5.74) is 4.93. The van der Waals surface area contributed by atoms with Crippen LogP contribution in [0.25, 0.3) is 22.6 Å². The number of sulfonamides is 1. The number of para-hydroxylation sites is 2. The molecule has 1 amide bonds. The first-order valence-corrected chi connectivity index (χ1v) is 12.0. The van der Waals surface area contributed by atoms with E-state index in [0.717, 1.165) is 22.2 Å². The van der Waals surface area contributed by atoms with Crippen LogP contribution in [0.15, 0.2) is 71.1 Å². The van der Waals surface area contributed by atoms with E-state index in [4.69, 9.17) is 4.42 Å². The first kappa shape index (κ1) is 20.3. The molecule has 4 aromatic rings. The van der Waals surface area contributed by atoms with Crippen molar-refractivity contribution in [2.75, 3.05) is 15.9 Å². The average molecular weight is 448 g/mol. The smallest absolute Gasteiger partial charge is 0.255 e. The fourth-order valence-electron chi connectivity index (χ4n) is 4.14. The lowest BCUT2D eigenvalue weighted by Gasteiger charge is -2.21. The SMILES string of the molecule is CC1Cc2cc(C(=O)Nc3ccc(-c4nc5ccccc5o4)cc3)ccc2N1S(C)(=O)=O. The van der Waals surface area contributed by atoms with Gasteiger partial charge in [0.2, 0.25) is 15.9 Å². The van der Waals surface area contributed by atoms with Gasteiger partial charge < -0.3 is 9.73 Å². The second-order valence-electron chi connectivity index (χ2n) is 7.97. The third-order valence-corrected chi connectivity index (χ3v) is 6.81. The third-order valence-electron chi connectivity index (χ3n) is 5.54. The van der Waals surface area contributed by atoms with E-state index < -0.39 is 10.0 Å². The molecule has 8 heteroatoms. The normalized spacial score (nSPS) is 15.7. The minimum atomic E-state index is -3.36. The van der Waals surface area contributed by atoms with Crippen molar-refractivity contribution in [1.82, 2.24) is 4.98 Å². The number of aromatic nitrogens is 1. The molecule has 7 nitrogen and oxygen atoms in total. The van der Waals surface area contributed by atoms with E-state index in [1.54, 1.807) is 30.3 Å². The van der Waals surface area contributed by atoms with Crippen LogP contribution in [-0.4, -0.2) is 31.6 Å². The summed E-state index contributed by atoms with van der Waals surface area (Å²) in [6.07, 6.45) is 1.77. The molecule has 0 aliphatic carbocycles. The molecule has 0 fully saturated rings. The first-order chi connectivity index (χ1) is 15.3. The predicted molar refractivity (Wildman–Crippen MR) is 124 cm³/mol. The van der Waals surface area contributed by atoms with Crippen LogP contribution in [0.5, 0.6) is 0 Å². The van der Waals surface area contributed by atoms with E-state index >= 15 is 0 Å². The van der Waals surface area contributed by atoms with Crippen molar-refractivity contribution >= 4 is 38.4 Å². The van der Waals surface area contributed by atoms with Crippen molar-refractivity contribution in [2.24, 2.45) is 0 Å². The van der Waals surface area contributed by atoms with Crippen LogP contribution in [0.2, 0.25) is 0 Å². The van der Waals surface area contributed by atoms with Crippen molar-refractivity contribution < 1.29 is 17.6 Å². The highest BCUT2D eigenvalue weighted by Gasteiger charge is 2.32. The van der Waals surface area contributed by atoms with Crippen LogP contribution in [0.1, 0.15) is 22.8 Å². The number of oxazole rings is 1. The highest BCUT2D eigenvalue weighted by atomic mass is 32.2. The number of fused-ring (bicyclic) bond motifs is 2. The molecule has 5 rings (SSSR count). The number of amides is 1. The van der Waals surface area contributed by atoms with Crippen molar-refractivity contribution in [3.05, 3.63) is 77.9 Å². The highest BCUT2D eigenvalue weighted by Crippen LogP contribution is 2.35. The number of anilines is 2. The summed E-state index contributed by atoms with van der Waals surface area (Å²) in [5, 5.41) is 2.89. The quantitative estimate of drug-likeness (QED) is 0.499. The van der Waals surface area contributed by atoms with Gasteiger partial charge in [0.15, 0.2) is 5.58 Å². The van der Waals surface area contributed by atoms with Gasteiger partial charge in [-0.25, -0.2) is 13.4 Å². The average Bonchev–Trinajstić information content (AvgIpc) is 3.33. The molecule has 1 N–H and O–H groups in total. The molecule has 1 atom stereocenters. The summed E-state index contributed by atoms with van der Waals surface area (Å²) in [6, 6.07) is 19.8. The number of hydrogen-bond acceptors (Lipinski definition) is 5. The maximum atomic E-state index is 12.8. The van der Waals surface area contributed by atoms with Crippen molar-refractivity contribution in [1.29, 1.82) is 0 Å². The van der Waals surface area contributed by atoms with Crippen LogP contribution in [0.3, 0.4) is 0 Å². The zero-order valence-corrected chi connectivity index (χ0v) is 18.4. The van der Waals surface area contributed by atoms with Crippen LogP contribution in [0.4, 0.5) is 11.4 Å². The lowest BCUT2D eigenvalue weighted by atomic mass is 10.1. The minimum Gasteiger partial charge on any atom is -0.436 e. The van der Waals surface area contributed by atoms with Crippen molar-refractivity contribution in [3.63, 3.8) is 0 Å². The van der Waals surface area contributed by atoms with Crippen molar-refractivity contribution in [2.45, 2.75) is 19.4 Å². The fraction of sp³-hybridized carbons (Fsp3) is 0.167. The number of carbonyl (C=O) groups is 1. The molecular weight excluding hydrogens is 426 g/mol. The molecule has 0 spiro atoms. The van der Waals surface area contributed by atoms with Gasteiger partial charge in [-0.3, -0.25) is 9.10 Å². The van der Waals surface area contributed by atoms with Gasteiger partial charge in [0.25, 0.3) is 5.91 Å². The molecule has 3 aromatic carbocycles. The molecule has 1 aliphatic rings. The Bertz CT molecular complexity index is 1410. The van der Waals surface area contributed by atoms with E-state index in [1.807, 2.05) is 43.3 Å². The molecule has 0 bridgehead atoms. The Morgan fingerprint density at radius 2 is 1.84 bits per heavy atom. The summed E-state index contributed by atoms with van der Waals surface area (Å²) < 4.78 is 31.4. The van der Waals surface area contributed by atoms with Crippen LogP contribution in [-0.2, 0) is 16.4 Å². The highest BCUT2D eigenvalue weighted by molar-refractivity contribution is 7.92. The van der Waals surface area contributed by atoms with Gasteiger partial charge in [0.1, 0.15) is 5.52 Å². The number of hydrogen-bond donors (Lipinski definition) is 1. The number of nitrogens with zero attached hydrogens (tertiary/aromatic N) is 2. The Morgan fingerprint density at radius 3 is 2.56 bits per heavy atom. The van der Waals surface area contributed by atoms with E-state index in [1.165, 1.54) is 10.6 Å². The van der Waals surface area contributed by atoms with E-state index in [-0.39, 0.29) is 11.9 Å². The fourth-order valence-corrected chi connectivity index (χ4v) is 5.41. The maximum Gasteiger partial charge on any atom is 0.255 e. The Labute approximate surface area is 185 Å². The summed E-state index contributed by atoms with van der Waals surface area (Å²) >= 11 is 0. The monoisotopic (exact) mass is 447 g/mol. The van der Waals surface area contributed by atoms with Gasteiger partial charge in [0.05, 0.1) is 11.9 Å². The second kappa shape index (κ2) is 7.49. The van der Waals surface area contributed by atoms with Gasteiger partial charge >= 0.3 is 0 Å². The van der Waals surface area contributed by atoms with Gasteiger partial charge in [-0.05, 0) is 73.5 Å². The van der Waals surface area contributed by atoms with E-state index in [0.29, 0.717) is 29.2 Å². The Kier molecular flexibility index (Phi) is 4.74. The molecule has 0 saturated carbocycles. The Hall–Kier alpha value is -3.65. The largest absolute Gasteiger partial charge is 0.436 e. The molecule has 32 heavy (non-hydrogen) atoms. The standard InChI is InChI=1S/C24H21N3O4S/c1-15-13-18-14-17(9-12-21(18)27(15)32(2,29)30)23(28)25-19-10-7-16(8-11-19)24-26-20-5-3-4-6-22(20)31-24/h3-12,14-15H,13H2,1-2H3,(H,25,28).